The molecule has 0 saturated carbocycles. The molecule has 0 aromatic carbocycles. The second-order valence-electron chi connectivity index (χ2n) is 10.5. The van der Waals surface area contributed by atoms with E-state index in [1.54, 1.807) is 0 Å². The number of carbonyl (C=O) groups excluding carboxylic acids is 2. The largest absolute Gasteiger partial charge is 0.379 e. The Morgan fingerprint density at radius 1 is 0.694 bits per heavy atom. The lowest BCUT2D eigenvalue weighted by molar-refractivity contribution is -0.122. The summed E-state index contributed by atoms with van der Waals surface area (Å²) >= 11 is 0. The number of ether oxygens (including phenoxy) is 3. The molecule has 0 aliphatic carbocycles. The van der Waals surface area contributed by atoms with Crippen LogP contribution >= 0.6 is 0 Å². The molecule has 2 amide bonds. The maximum Gasteiger partial charge on any atom is 0.220 e. The van der Waals surface area contributed by atoms with Gasteiger partial charge >= 0.3 is 0 Å². The molecule has 0 unspecified atom stereocenters. The maximum absolute atomic E-state index is 11.9. The van der Waals surface area contributed by atoms with E-state index < -0.39 is 0 Å². The van der Waals surface area contributed by atoms with E-state index in [0.29, 0.717) is 71.4 Å². The topological polar surface area (TPSA) is 101 Å². The Labute approximate surface area is 220 Å². The Kier molecular flexibility index (Phi) is 22.1. The molecule has 0 aliphatic rings. The van der Waals surface area contributed by atoms with Crippen LogP contribution in [0.2, 0.25) is 0 Å². The molecular weight excluding hydrogens is 460 g/mol. The molecule has 0 atom stereocenters. The molecule has 3 N–H and O–H groups in total. The average Bonchev–Trinajstić information content (AvgIpc) is 2.80. The molecule has 0 heterocycles. The van der Waals surface area contributed by atoms with Crippen LogP contribution in [0.25, 0.3) is 0 Å². The van der Waals surface area contributed by atoms with Gasteiger partial charge < -0.3 is 35.1 Å². The molecule has 0 fully saturated rings. The fraction of sp³-hybridized carbons (Fsp3) is 0.926. The van der Waals surface area contributed by atoms with Crippen LogP contribution in [0.1, 0.15) is 79.6 Å². The van der Waals surface area contributed by atoms with Crippen molar-refractivity contribution in [3.8, 4) is 0 Å². The number of hydrogen-bond acceptors (Lipinski definition) is 7. The number of nitrogens with one attached hydrogen (secondary N) is 3. The SMILES string of the molecule is CC(C)NCCCOCCOCCOCCCNC(=O)CCCC(=O)NCCCCN(C)C(C)(C)C. The number of hydrogen-bond donors (Lipinski definition) is 3. The molecule has 0 radical (unpaired) electrons. The Morgan fingerprint density at radius 3 is 1.67 bits per heavy atom. The van der Waals surface area contributed by atoms with Crippen LogP contribution in [-0.2, 0) is 23.8 Å². The Morgan fingerprint density at radius 2 is 1.17 bits per heavy atom. The zero-order valence-corrected chi connectivity index (χ0v) is 24.1. The first kappa shape index (κ1) is 34.7. The first-order valence-corrected chi connectivity index (χ1v) is 13.8. The molecule has 214 valence electrons. The van der Waals surface area contributed by atoms with Crippen molar-refractivity contribution in [1.29, 1.82) is 0 Å². The number of nitrogens with zero attached hydrogens (tertiary/aromatic N) is 1. The predicted octanol–water partition coefficient (Wildman–Crippen LogP) is 2.73. The van der Waals surface area contributed by atoms with Crippen molar-refractivity contribution in [2.45, 2.75) is 91.1 Å². The molecule has 0 aliphatic heterocycles. The van der Waals surface area contributed by atoms with Gasteiger partial charge in [0.2, 0.25) is 11.8 Å². The van der Waals surface area contributed by atoms with Crippen LogP contribution < -0.4 is 16.0 Å². The van der Waals surface area contributed by atoms with Crippen LogP contribution in [0.5, 0.6) is 0 Å². The lowest BCUT2D eigenvalue weighted by Gasteiger charge is -2.31. The summed E-state index contributed by atoms with van der Waals surface area (Å²) in [6.07, 6.45) is 5.10. The monoisotopic (exact) mass is 516 g/mol. The lowest BCUT2D eigenvalue weighted by Crippen LogP contribution is -2.38. The molecule has 36 heavy (non-hydrogen) atoms. The Balaban J connectivity index is 3.37. The van der Waals surface area contributed by atoms with Gasteiger partial charge in [0.15, 0.2) is 0 Å². The highest BCUT2D eigenvalue weighted by Crippen LogP contribution is 2.10. The zero-order chi connectivity index (χ0) is 27.1. The van der Waals surface area contributed by atoms with Gasteiger partial charge in [0.05, 0.1) is 26.4 Å². The molecule has 9 nitrogen and oxygen atoms in total. The van der Waals surface area contributed by atoms with Crippen molar-refractivity contribution >= 4 is 11.8 Å². The van der Waals surface area contributed by atoms with E-state index in [2.05, 4.69) is 62.5 Å². The standard InChI is InChI=1S/C27H56N4O5/c1-24(2)28-15-10-18-34-20-22-36-23-21-35-19-11-16-30-26(33)13-9-12-25(32)29-14-7-8-17-31(6)27(3,4)5/h24,28H,7-23H2,1-6H3,(H,29,32)(H,30,33). The fourth-order valence-electron chi connectivity index (χ4n) is 3.13. The van der Waals surface area contributed by atoms with Gasteiger partial charge in [-0.15, -0.1) is 0 Å². The van der Waals surface area contributed by atoms with Crippen LogP contribution in [0.15, 0.2) is 0 Å². The molecule has 0 spiro atoms. The molecule has 0 saturated heterocycles. The van der Waals surface area contributed by atoms with Crippen molar-refractivity contribution in [2.75, 3.05) is 72.9 Å². The normalized spacial score (nSPS) is 11.9. The number of amides is 2. The third-order valence-corrected chi connectivity index (χ3v) is 5.74. The van der Waals surface area contributed by atoms with Gasteiger partial charge in [-0.1, -0.05) is 13.8 Å². The maximum atomic E-state index is 11.9. The van der Waals surface area contributed by atoms with E-state index in [4.69, 9.17) is 14.2 Å². The smallest absolute Gasteiger partial charge is 0.220 e. The summed E-state index contributed by atoms with van der Waals surface area (Å²) in [6, 6.07) is 0.515. The lowest BCUT2D eigenvalue weighted by atomic mass is 10.1. The van der Waals surface area contributed by atoms with Crippen molar-refractivity contribution in [3.05, 3.63) is 0 Å². The van der Waals surface area contributed by atoms with Crippen LogP contribution in [0.3, 0.4) is 0 Å². The molecule has 0 aromatic rings. The summed E-state index contributed by atoms with van der Waals surface area (Å²) < 4.78 is 16.5. The van der Waals surface area contributed by atoms with Crippen molar-refractivity contribution in [3.63, 3.8) is 0 Å². The first-order valence-electron chi connectivity index (χ1n) is 13.8. The van der Waals surface area contributed by atoms with Crippen molar-refractivity contribution < 1.29 is 23.8 Å². The molecule has 9 heteroatoms. The Hall–Kier alpha value is -1.26. The summed E-state index contributed by atoms with van der Waals surface area (Å²) in [5, 5.41) is 9.17. The molecule has 0 bridgehead atoms. The quantitative estimate of drug-likeness (QED) is 0.170. The minimum Gasteiger partial charge on any atom is -0.379 e. The van der Waals surface area contributed by atoms with Gasteiger partial charge in [-0.05, 0) is 73.0 Å². The summed E-state index contributed by atoms with van der Waals surface area (Å²) in [5.41, 5.74) is 0.173. The Bertz CT molecular complexity index is 541. The van der Waals surface area contributed by atoms with Gasteiger partial charge in [-0.25, -0.2) is 0 Å². The van der Waals surface area contributed by atoms with E-state index >= 15 is 0 Å². The van der Waals surface area contributed by atoms with Gasteiger partial charge in [-0.2, -0.15) is 0 Å². The summed E-state index contributed by atoms with van der Waals surface area (Å²) in [4.78, 5) is 26.1. The minimum atomic E-state index is -0.0173. The highest BCUT2D eigenvalue weighted by Gasteiger charge is 2.15. The van der Waals surface area contributed by atoms with Crippen LogP contribution in [0.4, 0.5) is 0 Å². The van der Waals surface area contributed by atoms with E-state index in [9.17, 15) is 9.59 Å². The number of unbranched alkanes of at least 4 members (excludes halogenated alkanes) is 1. The molecule has 0 rings (SSSR count). The third-order valence-electron chi connectivity index (χ3n) is 5.74. The van der Waals surface area contributed by atoms with Gasteiger partial charge in [-0.3, -0.25) is 9.59 Å². The van der Waals surface area contributed by atoms with Crippen LogP contribution in [-0.4, -0.2) is 101 Å². The van der Waals surface area contributed by atoms with Gasteiger partial charge in [0.25, 0.3) is 0 Å². The summed E-state index contributed by atoms with van der Waals surface area (Å²) in [5.74, 6) is 0.00410. The summed E-state index contributed by atoms with van der Waals surface area (Å²) in [7, 11) is 2.12. The fourth-order valence-corrected chi connectivity index (χ4v) is 3.13. The summed E-state index contributed by atoms with van der Waals surface area (Å²) in [6.45, 7) is 17.7. The zero-order valence-electron chi connectivity index (χ0n) is 24.1. The van der Waals surface area contributed by atoms with E-state index in [1.165, 1.54) is 0 Å². The van der Waals surface area contributed by atoms with E-state index in [-0.39, 0.29) is 17.4 Å². The highest BCUT2D eigenvalue weighted by atomic mass is 16.5. The van der Waals surface area contributed by atoms with Gasteiger partial charge in [0.1, 0.15) is 0 Å². The van der Waals surface area contributed by atoms with Crippen molar-refractivity contribution in [1.82, 2.24) is 20.9 Å². The van der Waals surface area contributed by atoms with E-state index in [1.807, 2.05) is 0 Å². The minimum absolute atomic E-state index is 0.0173. The third kappa shape index (κ3) is 24.4. The van der Waals surface area contributed by atoms with Crippen LogP contribution in [0, 0.1) is 0 Å². The second kappa shape index (κ2) is 22.9. The highest BCUT2D eigenvalue weighted by molar-refractivity contribution is 5.78. The van der Waals surface area contributed by atoms with Gasteiger partial charge in [0, 0.05) is 50.7 Å². The number of rotatable bonds is 24. The van der Waals surface area contributed by atoms with E-state index in [0.717, 1.165) is 45.4 Å². The predicted molar refractivity (Wildman–Crippen MR) is 146 cm³/mol. The number of carbonyl (C=O) groups is 2. The second-order valence-corrected chi connectivity index (χ2v) is 10.5. The average molecular weight is 517 g/mol. The molecular formula is C27H56N4O5. The first-order chi connectivity index (χ1) is 17.1. The van der Waals surface area contributed by atoms with Crippen molar-refractivity contribution in [2.24, 2.45) is 0 Å². The molecule has 0 aromatic heterocycles.